The van der Waals surface area contributed by atoms with Crippen molar-refractivity contribution in [2.45, 2.75) is 25.4 Å². The van der Waals surface area contributed by atoms with Crippen molar-refractivity contribution in [3.8, 4) is 0 Å². The van der Waals surface area contributed by atoms with Gasteiger partial charge < -0.3 is 10.0 Å². The van der Waals surface area contributed by atoms with E-state index in [0.717, 1.165) is 5.56 Å². The largest absolute Gasteiger partial charge is 0.479 e. The van der Waals surface area contributed by atoms with Crippen LogP contribution in [0, 0.1) is 5.82 Å². The highest BCUT2D eigenvalue weighted by Gasteiger charge is 2.49. The normalized spacial score (nSPS) is 23.7. The van der Waals surface area contributed by atoms with Crippen LogP contribution in [-0.2, 0) is 4.79 Å². The average Bonchev–Trinajstić information content (AvgIpc) is 2.83. The van der Waals surface area contributed by atoms with Gasteiger partial charge in [0.15, 0.2) is 5.54 Å². The summed E-state index contributed by atoms with van der Waals surface area (Å²) < 4.78 is 13.2. The molecule has 2 aromatic rings. The Balaban J connectivity index is 2.14. The number of carboxylic acid groups (broad SMARTS) is 1. The van der Waals surface area contributed by atoms with Gasteiger partial charge in [-0.2, -0.15) is 0 Å². The zero-order chi connectivity index (χ0) is 16.6. The third-order valence-corrected chi connectivity index (χ3v) is 4.34. The Bertz CT molecular complexity index is 758. The van der Waals surface area contributed by atoms with Crippen molar-refractivity contribution in [1.29, 1.82) is 0 Å². The van der Waals surface area contributed by atoms with E-state index in [9.17, 15) is 14.3 Å². The number of carboxylic acids is 1. The number of carbonyl (C=O) groups is 1. The number of benzene rings is 2. The van der Waals surface area contributed by atoms with Crippen LogP contribution >= 0.6 is 0 Å². The molecular formula is C18H17FN2O2. The van der Waals surface area contributed by atoms with E-state index in [2.05, 4.69) is 4.99 Å². The number of aliphatic imine (C=N–C) groups is 1. The molecule has 0 fully saturated rings. The number of halogens is 1. The van der Waals surface area contributed by atoms with Crippen molar-refractivity contribution >= 4 is 17.5 Å². The van der Waals surface area contributed by atoms with Crippen LogP contribution in [0.5, 0.6) is 0 Å². The Morgan fingerprint density at radius 2 is 1.78 bits per heavy atom. The van der Waals surface area contributed by atoms with E-state index in [-0.39, 0.29) is 5.82 Å². The summed E-state index contributed by atoms with van der Waals surface area (Å²) in [7, 11) is 0. The molecule has 3 rings (SSSR count). The summed E-state index contributed by atoms with van der Waals surface area (Å²) in [4.78, 5) is 18.1. The molecule has 5 heteroatoms. The number of anilines is 1. The lowest BCUT2D eigenvalue weighted by molar-refractivity contribution is -0.142. The number of aliphatic carboxylic acids is 1. The first-order valence-electron chi connectivity index (χ1n) is 7.37. The highest BCUT2D eigenvalue weighted by atomic mass is 19.1. The number of hydrogen-bond donors (Lipinski definition) is 1. The fourth-order valence-corrected chi connectivity index (χ4v) is 2.77. The third-order valence-electron chi connectivity index (χ3n) is 4.34. The van der Waals surface area contributed by atoms with Gasteiger partial charge in [0.25, 0.3) is 0 Å². The second-order valence-corrected chi connectivity index (χ2v) is 5.78. The van der Waals surface area contributed by atoms with Gasteiger partial charge in [0, 0.05) is 11.3 Å². The monoisotopic (exact) mass is 312 g/mol. The Labute approximate surface area is 133 Å². The van der Waals surface area contributed by atoms with Crippen molar-refractivity contribution in [1.82, 2.24) is 0 Å². The van der Waals surface area contributed by atoms with Crippen molar-refractivity contribution in [3.63, 3.8) is 0 Å². The van der Waals surface area contributed by atoms with Crippen molar-refractivity contribution in [3.05, 3.63) is 66.0 Å². The maximum atomic E-state index is 13.2. The summed E-state index contributed by atoms with van der Waals surface area (Å²) in [5, 5.41) is 9.62. The van der Waals surface area contributed by atoms with E-state index in [0.29, 0.717) is 11.5 Å². The van der Waals surface area contributed by atoms with Crippen LogP contribution in [-0.4, -0.2) is 28.5 Å². The van der Waals surface area contributed by atoms with E-state index < -0.39 is 17.6 Å². The van der Waals surface area contributed by atoms with Gasteiger partial charge in [0.1, 0.15) is 11.7 Å². The van der Waals surface area contributed by atoms with Crippen LogP contribution < -0.4 is 4.90 Å². The van der Waals surface area contributed by atoms with Gasteiger partial charge in [-0.3, -0.25) is 0 Å². The van der Waals surface area contributed by atoms with Gasteiger partial charge in [-0.15, -0.1) is 0 Å². The van der Waals surface area contributed by atoms with E-state index in [1.54, 1.807) is 19.1 Å². The maximum absolute atomic E-state index is 13.2. The van der Waals surface area contributed by atoms with Crippen LogP contribution in [0.1, 0.15) is 19.4 Å². The Morgan fingerprint density at radius 3 is 2.35 bits per heavy atom. The minimum absolute atomic E-state index is 0.334. The predicted molar refractivity (Wildman–Crippen MR) is 87.4 cm³/mol. The molecule has 4 nitrogen and oxygen atoms in total. The summed E-state index contributed by atoms with van der Waals surface area (Å²) in [6.07, 6.45) is 0. The molecule has 118 valence electrons. The first-order valence-corrected chi connectivity index (χ1v) is 7.37. The lowest BCUT2D eigenvalue weighted by Gasteiger charge is -2.30. The van der Waals surface area contributed by atoms with Crippen molar-refractivity contribution in [2.75, 3.05) is 4.90 Å². The summed E-state index contributed by atoms with van der Waals surface area (Å²) in [6.45, 7) is 3.42. The van der Waals surface area contributed by atoms with E-state index in [4.69, 9.17) is 0 Å². The molecule has 1 heterocycles. The lowest BCUT2D eigenvalue weighted by atomic mass is 9.94. The SMILES string of the molecule is CC1N(c2ccc(F)cc2)C(c2ccccc2)=NC1(C)C(=O)O. The predicted octanol–water partition coefficient (Wildman–Crippen LogP) is 3.32. The quantitative estimate of drug-likeness (QED) is 0.946. The molecule has 1 aliphatic heterocycles. The van der Waals surface area contributed by atoms with Crippen LogP contribution in [0.4, 0.5) is 10.1 Å². The molecule has 2 aromatic carbocycles. The van der Waals surface area contributed by atoms with Crippen LogP contribution in [0.25, 0.3) is 0 Å². The van der Waals surface area contributed by atoms with E-state index in [1.807, 2.05) is 42.2 Å². The molecule has 0 saturated heterocycles. The smallest absolute Gasteiger partial charge is 0.333 e. The average molecular weight is 312 g/mol. The Kier molecular flexibility index (Phi) is 3.64. The summed E-state index contributed by atoms with van der Waals surface area (Å²) >= 11 is 0. The molecule has 1 aliphatic rings. The molecule has 0 amide bonds. The second-order valence-electron chi connectivity index (χ2n) is 5.78. The van der Waals surface area contributed by atoms with Crippen LogP contribution in [0.15, 0.2) is 59.6 Å². The van der Waals surface area contributed by atoms with Gasteiger partial charge in [0.05, 0.1) is 6.04 Å². The molecule has 0 radical (unpaired) electrons. The summed E-state index contributed by atoms with van der Waals surface area (Å²) in [5.74, 6) is -0.738. The first kappa shape index (κ1) is 15.2. The molecule has 2 unspecified atom stereocenters. The van der Waals surface area contributed by atoms with Gasteiger partial charge in [-0.1, -0.05) is 30.3 Å². The minimum atomic E-state index is -1.26. The first-order chi connectivity index (χ1) is 10.9. The third kappa shape index (κ3) is 2.48. The van der Waals surface area contributed by atoms with Crippen molar-refractivity contribution in [2.24, 2.45) is 4.99 Å². The highest BCUT2D eigenvalue weighted by Crippen LogP contribution is 2.35. The minimum Gasteiger partial charge on any atom is -0.479 e. The Morgan fingerprint density at radius 1 is 1.17 bits per heavy atom. The zero-order valence-electron chi connectivity index (χ0n) is 12.9. The van der Waals surface area contributed by atoms with Crippen LogP contribution in [0.2, 0.25) is 0 Å². The highest BCUT2D eigenvalue weighted by molar-refractivity contribution is 6.14. The number of amidine groups is 1. The molecule has 0 bridgehead atoms. The number of hydrogen-bond acceptors (Lipinski definition) is 3. The molecule has 0 saturated carbocycles. The summed E-state index contributed by atoms with van der Waals surface area (Å²) in [5.41, 5.74) is 0.277. The molecular weight excluding hydrogens is 295 g/mol. The van der Waals surface area contributed by atoms with Gasteiger partial charge in [-0.25, -0.2) is 14.2 Å². The van der Waals surface area contributed by atoms with Crippen LogP contribution in [0.3, 0.4) is 0 Å². The molecule has 0 spiro atoms. The number of rotatable bonds is 3. The molecule has 0 aliphatic carbocycles. The van der Waals surface area contributed by atoms with Crippen molar-refractivity contribution < 1.29 is 14.3 Å². The van der Waals surface area contributed by atoms with Gasteiger partial charge >= 0.3 is 5.97 Å². The molecule has 23 heavy (non-hydrogen) atoms. The Hall–Kier alpha value is -2.69. The zero-order valence-corrected chi connectivity index (χ0v) is 12.9. The number of nitrogens with zero attached hydrogens (tertiary/aromatic N) is 2. The topological polar surface area (TPSA) is 52.9 Å². The second kappa shape index (κ2) is 5.50. The summed E-state index contributed by atoms with van der Waals surface area (Å²) in [6, 6.07) is 15.0. The van der Waals surface area contributed by atoms with Gasteiger partial charge in [0.2, 0.25) is 0 Å². The van der Waals surface area contributed by atoms with Gasteiger partial charge in [-0.05, 0) is 38.1 Å². The maximum Gasteiger partial charge on any atom is 0.333 e. The van der Waals surface area contributed by atoms with E-state index in [1.165, 1.54) is 12.1 Å². The fourth-order valence-electron chi connectivity index (χ4n) is 2.77. The lowest BCUT2D eigenvalue weighted by Crippen LogP contribution is -2.48. The molecule has 1 N–H and O–H groups in total. The molecule has 2 atom stereocenters. The molecule has 0 aromatic heterocycles. The fraction of sp³-hybridized carbons (Fsp3) is 0.222. The van der Waals surface area contributed by atoms with E-state index >= 15 is 0 Å². The standard InChI is InChI=1S/C18H17FN2O2/c1-12-18(2,17(22)23)20-16(13-6-4-3-5-7-13)21(12)15-10-8-14(19)9-11-15/h3-12H,1-2H3,(H,22,23).